The summed E-state index contributed by atoms with van der Waals surface area (Å²) in [5.74, 6) is -0.178. The molecule has 42 heavy (non-hydrogen) atoms. The van der Waals surface area contributed by atoms with E-state index in [1.165, 1.54) is 12.7 Å². The van der Waals surface area contributed by atoms with Crippen LogP contribution in [0.4, 0.5) is 10.5 Å². The first-order valence-corrected chi connectivity index (χ1v) is 14.4. The molecule has 216 valence electrons. The third-order valence-electron chi connectivity index (χ3n) is 6.65. The number of hydrogen-bond donors (Lipinski definition) is 2. The molecule has 1 aliphatic rings. The van der Waals surface area contributed by atoms with E-state index in [1.54, 1.807) is 62.4 Å². The average Bonchev–Trinajstić information content (AvgIpc) is 3.36. The van der Waals surface area contributed by atoms with Gasteiger partial charge in [-0.25, -0.2) is 9.59 Å². The largest absolute Gasteiger partial charge is 0.493 e. The minimum absolute atomic E-state index is 0.283. The first-order chi connectivity index (χ1) is 20.1. The van der Waals surface area contributed by atoms with E-state index in [9.17, 15) is 14.4 Å². The van der Waals surface area contributed by atoms with Crippen LogP contribution in [0.1, 0.15) is 52.6 Å². The molecule has 0 saturated carbocycles. The van der Waals surface area contributed by atoms with Gasteiger partial charge in [0.25, 0.3) is 5.91 Å². The normalized spacial score (nSPS) is 12.2. The molecular weight excluding hydrogens is 552 g/mol. The fraction of sp³-hybridized carbons (Fsp3) is 0.242. The number of benzene rings is 3. The summed E-state index contributed by atoms with van der Waals surface area (Å²) in [6.07, 6.45) is 0.263. The van der Waals surface area contributed by atoms with Gasteiger partial charge in [0, 0.05) is 34.7 Å². The van der Waals surface area contributed by atoms with Crippen LogP contribution in [0.3, 0.4) is 0 Å². The van der Waals surface area contributed by atoms with Gasteiger partial charge in [-0.05, 0) is 84.8 Å². The number of hydrogen-bond acceptors (Lipinski definition) is 7. The summed E-state index contributed by atoms with van der Waals surface area (Å²) in [6, 6.07) is 20.0. The highest BCUT2D eigenvalue weighted by Gasteiger charge is 2.25. The molecule has 8 nitrogen and oxygen atoms in total. The van der Waals surface area contributed by atoms with Gasteiger partial charge in [0.05, 0.1) is 19.3 Å². The van der Waals surface area contributed by atoms with Crippen LogP contribution in [-0.4, -0.2) is 37.3 Å². The number of methoxy groups -OCH3 is 1. The molecule has 0 saturated heterocycles. The molecule has 0 spiro atoms. The van der Waals surface area contributed by atoms with Crippen LogP contribution in [-0.2, 0) is 22.4 Å². The first-order valence-electron chi connectivity index (χ1n) is 13.6. The molecular formula is C33H32N2O6S. The molecule has 0 bridgehead atoms. The minimum Gasteiger partial charge on any atom is -0.493 e. The molecule has 4 aromatic rings. The van der Waals surface area contributed by atoms with Gasteiger partial charge in [0.15, 0.2) is 0 Å². The number of carbonyl (C=O) groups is 3. The van der Waals surface area contributed by atoms with Crippen molar-refractivity contribution < 1.29 is 28.6 Å². The molecule has 5 rings (SSSR count). The van der Waals surface area contributed by atoms with Crippen LogP contribution in [0.5, 0.6) is 5.75 Å². The topological polar surface area (TPSA) is 103 Å². The summed E-state index contributed by atoms with van der Waals surface area (Å²) in [7, 11) is 1.33. The fourth-order valence-electron chi connectivity index (χ4n) is 4.73. The Labute approximate surface area is 248 Å². The van der Waals surface area contributed by atoms with Crippen LogP contribution in [0, 0.1) is 0 Å². The molecule has 9 heteroatoms. The summed E-state index contributed by atoms with van der Waals surface area (Å²) in [5, 5.41) is 7.76. The van der Waals surface area contributed by atoms with Gasteiger partial charge in [-0.15, -0.1) is 11.3 Å². The summed E-state index contributed by atoms with van der Waals surface area (Å²) in [5.41, 5.74) is 4.73. The van der Waals surface area contributed by atoms with Crippen molar-refractivity contribution in [3.05, 3.63) is 94.4 Å². The van der Waals surface area contributed by atoms with Gasteiger partial charge in [0.2, 0.25) is 0 Å². The smallest absolute Gasteiger partial charge is 0.407 e. The minimum atomic E-state index is -0.582. The maximum absolute atomic E-state index is 13.9. The third kappa shape index (κ3) is 6.47. The average molecular weight is 585 g/mol. The molecule has 0 aliphatic carbocycles. The molecule has 2 N–H and O–H groups in total. The molecule has 2 amide bonds. The number of anilines is 1. The van der Waals surface area contributed by atoms with Crippen LogP contribution < -0.4 is 15.4 Å². The SMILES string of the molecule is COC(=O)c1ccccc1-c1cc2c(cc1C(=O)Nc1ccc(CNC(=O)OC(C)(C)C)cc1)-c1sccc1CCO2. The van der Waals surface area contributed by atoms with Crippen molar-refractivity contribution in [2.24, 2.45) is 0 Å². The lowest BCUT2D eigenvalue weighted by Crippen LogP contribution is -2.32. The van der Waals surface area contributed by atoms with Gasteiger partial charge >= 0.3 is 12.1 Å². The first kappa shape index (κ1) is 28.9. The molecule has 2 heterocycles. The number of ether oxygens (including phenoxy) is 3. The lowest BCUT2D eigenvalue weighted by atomic mass is 9.92. The fourth-order valence-corrected chi connectivity index (χ4v) is 5.70. The summed E-state index contributed by atoms with van der Waals surface area (Å²) >= 11 is 1.61. The summed E-state index contributed by atoms with van der Waals surface area (Å²) in [4.78, 5) is 39.6. The van der Waals surface area contributed by atoms with Crippen molar-refractivity contribution in [2.45, 2.75) is 39.3 Å². The van der Waals surface area contributed by atoms with E-state index < -0.39 is 17.7 Å². The quantitative estimate of drug-likeness (QED) is 0.235. The van der Waals surface area contributed by atoms with Gasteiger partial charge in [0.1, 0.15) is 11.4 Å². The van der Waals surface area contributed by atoms with Crippen molar-refractivity contribution >= 4 is 35.0 Å². The lowest BCUT2D eigenvalue weighted by Gasteiger charge is -2.19. The number of alkyl carbamates (subject to hydrolysis) is 1. The highest BCUT2D eigenvalue weighted by Crippen LogP contribution is 2.43. The Morgan fingerprint density at radius 1 is 0.929 bits per heavy atom. The number of fused-ring (bicyclic) bond motifs is 3. The summed E-state index contributed by atoms with van der Waals surface area (Å²) < 4.78 is 16.4. The highest BCUT2D eigenvalue weighted by molar-refractivity contribution is 7.13. The molecule has 3 aromatic carbocycles. The molecule has 0 radical (unpaired) electrons. The highest BCUT2D eigenvalue weighted by atomic mass is 32.1. The predicted molar refractivity (Wildman–Crippen MR) is 163 cm³/mol. The van der Waals surface area contributed by atoms with E-state index in [0.717, 1.165) is 22.4 Å². The Morgan fingerprint density at radius 2 is 1.69 bits per heavy atom. The summed E-state index contributed by atoms with van der Waals surface area (Å²) in [6.45, 7) is 6.21. The molecule has 0 fully saturated rings. The zero-order valence-electron chi connectivity index (χ0n) is 23.9. The van der Waals surface area contributed by atoms with E-state index in [2.05, 4.69) is 16.7 Å². The van der Waals surface area contributed by atoms with Crippen LogP contribution in [0.15, 0.2) is 72.1 Å². The Hall–Kier alpha value is -4.63. The van der Waals surface area contributed by atoms with Gasteiger partial charge < -0.3 is 24.8 Å². The Kier molecular flexibility index (Phi) is 8.31. The second kappa shape index (κ2) is 12.1. The standard InChI is InChI=1S/C33H32N2O6S/c1-33(2,3)41-32(38)34-19-20-9-11-22(12-10-20)35-30(36)26-17-27-28(40-15-13-21-14-16-42-29(21)27)18-25(26)23-7-5-6-8-24(23)31(37)39-4/h5-12,14,16-18H,13,15,19H2,1-4H3,(H,34,38)(H,35,36). The van der Waals surface area contributed by atoms with Crippen LogP contribution in [0.2, 0.25) is 0 Å². The number of amides is 2. The van der Waals surface area contributed by atoms with E-state index in [4.69, 9.17) is 14.2 Å². The van der Waals surface area contributed by atoms with Crippen molar-refractivity contribution in [2.75, 3.05) is 19.0 Å². The van der Waals surface area contributed by atoms with Crippen molar-refractivity contribution in [1.82, 2.24) is 5.32 Å². The number of carbonyl (C=O) groups excluding carboxylic acids is 3. The van der Waals surface area contributed by atoms with Gasteiger partial charge in [-0.3, -0.25) is 4.79 Å². The zero-order chi connectivity index (χ0) is 29.9. The monoisotopic (exact) mass is 584 g/mol. The third-order valence-corrected chi connectivity index (χ3v) is 7.64. The van der Waals surface area contributed by atoms with Crippen LogP contribution in [0.25, 0.3) is 21.6 Å². The van der Waals surface area contributed by atoms with Gasteiger partial charge in [-0.1, -0.05) is 30.3 Å². The molecule has 0 atom stereocenters. The zero-order valence-corrected chi connectivity index (χ0v) is 24.7. The number of esters is 1. The second-order valence-corrected chi connectivity index (χ2v) is 11.7. The lowest BCUT2D eigenvalue weighted by molar-refractivity contribution is 0.0522. The Balaban J connectivity index is 1.47. The Morgan fingerprint density at radius 3 is 2.43 bits per heavy atom. The van der Waals surface area contributed by atoms with Crippen molar-refractivity contribution in [3.8, 4) is 27.3 Å². The maximum Gasteiger partial charge on any atom is 0.407 e. The van der Waals surface area contributed by atoms with E-state index in [-0.39, 0.29) is 12.5 Å². The van der Waals surface area contributed by atoms with Crippen molar-refractivity contribution in [3.63, 3.8) is 0 Å². The van der Waals surface area contributed by atoms with E-state index in [1.807, 2.05) is 35.7 Å². The predicted octanol–water partition coefficient (Wildman–Crippen LogP) is 7.08. The number of thiophene rings is 1. The van der Waals surface area contributed by atoms with E-state index >= 15 is 0 Å². The maximum atomic E-state index is 13.9. The second-order valence-electron chi connectivity index (χ2n) is 10.8. The number of nitrogens with one attached hydrogen (secondary N) is 2. The van der Waals surface area contributed by atoms with Gasteiger partial charge in [-0.2, -0.15) is 0 Å². The molecule has 1 aliphatic heterocycles. The van der Waals surface area contributed by atoms with E-state index in [0.29, 0.717) is 40.3 Å². The van der Waals surface area contributed by atoms with Crippen molar-refractivity contribution in [1.29, 1.82) is 0 Å². The molecule has 1 aromatic heterocycles. The Bertz CT molecular complexity index is 1640. The molecule has 0 unspecified atom stereocenters. The van der Waals surface area contributed by atoms with Crippen LogP contribution >= 0.6 is 11.3 Å². The number of rotatable bonds is 6.